The highest BCUT2D eigenvalue weighted by Gasteiger charge is 2.38. The third-order valence-electron chi connectivity index (χ3n) is 4.83. The van der Waals surface area contributed by atoms with Gasteiger partial charge in [-0.25, -0.2) is 4.79 Å². The van der Waals surface area contributed by atoms with Gasteiger partial charge in [0.2, 0.25) is 0 Å². The summed E-state index contributed by atoms with van der Waals surface area (Å²) < 4.78 is 10.8. The first-order valence-corrected chi connectivity index (χ1v) is 11.1. The molecule has 2 amide bonds. The minimum absolute atomic E-state index is 0.139. The van der Waals surface area contributed by atoms with Crippen LogP contribution < -0.4 is 5.32 Å². The lowest BCUT2D eigenvalue weighted by molar-refractivity contribution is -0.131. The molecule has 1 aliphatic heterocycles. The molecule has 0 aromatic heterocycles. The van der Waals surface area contributed by atoms with Gasteiger partial charge in [-0.2, -0.15) is 5.01 Å². The summed E-state index contributed by atoms with van der Waals surface area (Å²) in [5.74, 6) is 0.620. The lowest BCUT2D eigenvalue weighted by Gasteiger charge is -2.23. The first kappa shape index (κ1) is 23.0. The van der Waals surface area contributed by atoms with Gasteiger partial charge in [0, 0.05) is 38.5 Å². The molecule has 1 atom stereocenters. The van der Waals surface area contributed by atoms with Crippen molar-refractivity contribution < 1.29 is 19.1 Å². The van der Waals surface area contributed by atoms with Crippen LogP contribution in [0.25, 0.3) is 0 Å². The van der Waals surface area contributed by atoms with Crippen LogP contribution in [0.2, 0.25) is 0 Å². The predicted octanol–water partition coefficient (Wildman–Crippen LogP) is 2.64. The molecule has 0 saturated heterocycles. The van der Waals surface area contributed by atoms with Crippen LogP contribution in [-0.2, 0) is 14.3 Å². The summed E-state index contributed by atoms with van der Waals surface area (Å²) in [7, 11) is 5.59. The Morgan fingerprint density at radius 1 is 1.29 bits per heavy atom. The van der Waals surface area contributed by atoms with E-state index < -0.39 is 6.23 Å². The Labute approximate surface area is 172 Å². The van der Waals surface area contributed by atoms with Gasteiger partial charge in [-0.05, 0) is 33.4 Å². The van der Waals surface area contributed by atoms with Gasteiger partial charge in [0.25, 0.3) is 11.5 Å². The van der Waals surface area contributed by atoms with E-state index in [1.54, 1.807) is 7.11 Å². The monoisotopic (exact) mass is 414 g/mol. The van der Waals surface area contributed by atoms with Gasteiger partial charge >= 0.3 is 6.03 Å². The second kappa shape index (κ2) is 12.3. The molecule has 160 valence electrons. The van der Waals surface area contributed by atoms with E-state index in [-0.39, 0.29) is 24.3 Å². The molecule has 0 radical (unpaired) electrons. The van der Waals surface area contributed by atoms with Crippen molar-refractivity contribution in [3.63, 3.8) is 0 Å². The summed E-state index contributed by atoms with van der Waals surface area (Å²) in [5, 5.41) is 8.94. The molecule has 1 N–H and O–H groups in total. The smallest absolute Gasteiger partial charge is 0.341 e. The molecule has 0 spiro atoms. The van der Waals surface area contributed by atoms with Gasteiger partial charge in [-0.15, -0.1) is 5.10 Å². The Morgan fingerprint density at radius 3 is 2.64 bits per heavy atom. The number of Topliss-reactive ketones (excluding diaryl/α,β-unsaturated/α-hetero) is 1. The molecular weight excluding hydrogens is 380 g/mol. The van der Waals surface area contributed by atoms with Crippen molar-refractivity contribution in [2.24, 2.45) is 5.10 Å². The Kier molecular flexibility index (Phi) is 10.1. The third kappa shape index (κ3) is 7.60. The molecule has 0 aromatic rings. The number of carbonyl (C=O) groups is 2. The maximum absolute atomic E-state index is 12.8. The number of ether oxygens (including phenoxy) is 2. The van der Waals surface area contributed by atoms with E-state index in [0.717, 1.165) is 38.0 Å². The fourth-order valence-electron chi connectivity index (χ4n) is 3.22. The van der Waals surface area contributed by atoms with Crippen LogP contribution in [0.1, 0.15) is 51.4 Å². The molecule has 1 unspecified atom stereocenters. The number of carbonyl (C=O) groups excluding carboxylic acids is 2. The van der Waals surface area contributed by atoms with Gasteiger partial charge in [0.1, 0.15) is 0 Å². The molecular formula is C19H34N4O4S. The number of amides is 2. The highest BCUT2D eigenvalue weighted by atomic mass is 32.2. The van der Waals surface area contributed by atoms with Gasteiger partial charge in [0.05, 0.1) is 0 Å². The van der Waals surface area contributed by atoms with Crippen molar-refractivity contribution in [1.82, 2.24) is 15.2 Å². The summed E-state index contributed by atoms with van der Waals surface area (Å²) in [6, 6.07) is -0.208. The van der Waals surface area contributed by atoms with E-state index in [1.165, 1.54) is 29.6 Å². The highest BCUT2D eigenvalue weighted by Crippen LogP contribution is 2.23. The summed E-state index contributed by atoms with van der Waals surface area (Å²) >= 11 is 1.42. The van der Waals surface area contributed by atoms with E-state index in [0.29, 0.717) is 18.3 Å². The second-order valence-electron chi connectivity index (χ2n) is 7.53. The number of nitrogens with zero attached hydrogens (tertiary/aromatic N) is 3. The molecule has 2 aliphatic rings. The Bertz CT molecular complexity index is 536. The summed E-state index contributed by atoms with van der Waals surface area (Å²) in [4.78, 5) is 27.5. The van der Waals surface area contributed by atoms with Crippen LogP contribution in [0.3, 0.4) is 0 Å². The quantitative estimate of drug-likeness (QED) is 0.461. The maximum atomic E-state index is 12.8. The number of thioether (sulfide) groups is 1. The standard InChI is InChI=1S/C19H34N4O4S/c1-22(2)12-14-28-19-21-23(17(27-19)16(24)11-8-13-26-3)18(25)20-15-9-6-4-5-7-10-15/h15,17H,4-14H2,1-3H3,(H,20,25). The van der Waals surface area contributed by atoms with E-state index in [1.807, 2.05) is 14.1 Å². The second-order valence-corrected chi connectivity index (χ2v) is 8.58. The average Bonchev–Trinajstić information content (AvgIpc) is 2.92. The van der Waals surface area contributed by atoms with Crippen LogP contribution >= 0.6 is 11.8 Å². The van der Waals surface area contributed by atoms with Crippen LogP contribution in [0, 0.1) is 0 Å². The average molecular weight is 415 g/mol. The Hall–Kier alpha value is -1.32. The van der Waals surface area contributed by atoms with Gasteiger partial charge in [0.15, 0.2) is 5.78 Å². The van der Waals surface area contributed by atoms with Crippen molar-refractivity contribution >= 4 is 28.8 Å². The minimum Gasteiger partial charge on any atom is -0.438 e. The molecule has 28 heavy (non-hydrogen) atoms. The van der Waals surface area contributed by atoms with Crippen molar-refractivity contribution in [3.8, 4) is 0 Å². The summed E-state index contributed by atoms with van der Waals surface area (Å²) in [5.41, 5.74) is 0. The molecule has 1 aliphatic carbocycles. The zero-order valence-electron chi connectivity index (χ0n) is 17.3. The largest absolute Gasteiger partial charge is 0.438 e. The molecule has 0 aromatic carbocycles. The molecule has 2 rings (SSSR count). The van der Waals surface area contributed by atoms with E-state index >= 15 is 0 Å². The zero-order valence-corrected chi connectivity index (χ0v) is 18.1. The number of hydrogen-bond donors (Lipinski definition) is 1. The number of rotatable bonds is 9. The van der Waals surface area contributed by atoms with Gasteiger partial charge < -0.3 is 19.7 Å². The minimum atomic E-state index is -0.982. The van der Waals surface area contributed by atoms with Crippen molar-refractivity contribution in [3.05, 3.63) is 0 Å². The normalized spacial score (nSPS) is 20.6. The SMILES string of the molecule is COCCCC(=O)C1OC(SCCN(C)C)=NN1C(=O)NC1CCCCCC1. The number of hydrazone groups is 1. The van der Waals surface area contributed by atoms with Crippen LogP contribution in [0.15, 0.2) is 5.10 Å². The number of ketones is 1. The van der Waals surface area contributed by atoms with Crippen molar-refractivity contribution in [2.75, 3.05) is 40.1 Å². The Morgan fingerprint density at radius 2 is 2.00 bits per heavy atom. The fourth-order valence-corrected chi connectivity index (χ4v) is 4.16. The van der Waals surface area contributed by atoms with Crippen molar-refractivity contribution in [2.45, 2.75) is 63.6 Å². The van der Waals surface area contributed by atoms with Gasteiger partial charge in [-0.3, -0.25) is 4.79 Å². The van der Waals surface area contributed by atoms with Crippen LogP contribution in [0.4, 0.5) is 4.79 Å². The number of methoxy groups -OCH3 is 1. The topological polar surface area (TPSA) is 83.5 Å². The summed E-state index contributed by atoms with van der Waals surface area (Å²) in [6.45, 7) is 1.35. The lowest BCUT2D eigenvalue weighted by atomic mass is 10.1. The molecule has 8 nitrogen and oxygen atoms in total. The molecule has 1 saturated carbocycles. The highest BCUT2D eigenvalue weighted by molar-refractivity contribution is 8.13. The number of nitrogens with one attached hydrogen (secondary N) is 1. The van der Waals surface area contributed by atoms with Crippen molar-refractivity contribution in [1.29, 1.82) is 0 Å². The first-order valence-electron chi connectivity index (χ1n) is 10.2. The summed E-state index contributed by atoms with van der Waals surface area (Å²) in [6.07, 6.45) is 6.51. The number of hydrogen-bond acceptors (Lipinski definition) is 7. The number of urea groups is 1. The molecule has 0 bridgehead atoms. The molecule has 1 fully saturated rings. The molecule has 1 heterocycles. The van der Waals surface area contributed by atoms with E-state index in [2.05, 4.69) is 15.3 Å². The maximum Gasteiger partial charge on any atom is 0.341 e. The van der Waals surface area contributed by atoms with E-state index in [4.69, 9.17) is 9.47 Å². The van der Waals surface area contributed by atoms with Crippen LogP contribution in [0.5, 0.6) is 0 Å². The Balaban J connectivity index is 1.98. The zero-order chi connectivity index (χ0) is 20.4. The fraction of sp³-hybridized carbons (Fsp3) is 0.842. The lowest BCUT2D eigenvalue weighted by Crippen LogP contribution is -2.48. The van der Waals surface area contributed by atoms with E-state index in [9.17, 15) is 9.59 Å². The van der Waals surface area contributed by atoms with Gasteiger partial charge in [-0.1, -0.05) is 37.4 Å². The first-order chi connectivity index (χ1) is 13.5. The third-order valence-corrected chi connectivity index (χ3v) is 5.64. The predicted molar refractivity (Wildman–Crippen MR) is 111 cm³/mol. The van der Waals surface area contributed by atoms with Crippen LogP contribution in [-0.4, -0.2) is 79.3 Å². The molecule has 9 heteroatoms.